The first-order chi connectivity index (χ1) is 9.47. The van der Waals surface area contributed by atoms with Crippen molar-refractivity contribution in [2.24, 2.45) is 5.10 Å². The van der Waals surface area contributed by atoms with Crippen LogP contribution in [0.15, 0.2) is 23.3 Å². The Morgan fingerprint density at radius 1 is 1.35 bits per heavy atom. The van der Waals surface area contributed by atoms with Crippen molar-refractivity contribution in [3.05, 3.63) is 23.8 Å². The highest BCUT2D eigenvalue weighted by atomic mass is 16.2. The van der Waals surface area contributed by atoms with Gasteiger partial charge in [0.05, 0.1) is 0 Å². The van der Waals surface area contributed by atoms with Crippen molar-refractivity contribution in [3.8, 4) is 0 Å². The quantitative estimate of drug-likeness (QED) is 0.871. The fourth-order valence-corrected chi connectivity index (χ4v) is 2.01. The Kier molecular flexibility index (Phi) is 4.02. The van der Waals surface area contributed by atoms with E-state index in [-0.39, 0.29) is 11.8 Å². The second kappa shape index (κ2) is 5.73. The van der Waals surface area contributed by atoms with Gasteiger partial charge in [-0.25, -0.2) is 5.43 Å². The molecule has 1 aromatic rings. The molecule has 20 heavy (non-hydrogen) atoms. The van der Waals surface area contributed by atoms with Crippen LogP contribution in [0.3, 0.4) is 0 Å². The molecule has 6 nitrogen and oxygen atoms in total. The maximum Gasteiger partial charge on any atom is 0.271 e. The SMILES string of the molecule is Cc1ccc(NC(=O)C2=NNC(=O)CC2)cc1N(C)C. The Morgan fingerprint density at radius 2 is 2.10 bits per heavy atom. The number of aryl methyl sites for hydroxylation is 1. The number of nitrogens with one attached hydrogen (secondary N) is 2. The summed E-state index contributed by atoms with van der Waals surface area (Å²) in [6.45, 7) is 2.02. The lowest BCUT2D eigenvalue weighted by Gasteiger charge is -2.17. The highest BCUT2D eigenvalue weighted by Gasteiger charge is 2.18. The zero-order valence-corrected chi connectivity index (χ0v) is 11.9. The van der Waals surface area contributed by atoms with Crippen LogP contribution in [0.2, 0.25) is 0 Å². The summed E-state index contributed by atoms with van der Waals surface area (Å²) >= 11 is 0. The lowest BCUT2D eigenvalue weighted by atomic mass is 10.1. The number of benzene rings is 1. The summed E-state index contributed by atoms with van der Waals surface area (Å²) in [5.41, 5.74) is 5.55. The Balaban J connectivity index is 2.12. The van der Waals surface area contributed by atoms with Crippen molar-refractivity contribution in [2.45, 2.75) is 19.8 Å². The van der Waals surface area contributed by atoms with E-state index in [9.17, 15) is 9.59 Å². The average molecular weight is 274 g/mol. The Labute approximate surface area is 117 Å². The number of hydrogen-bond donors (Lipinski definition) is 2. The lowest BCUT2D eigenvalue weighted by Crippen LogP contribution is -2.32. The van der Waals surface area contributed by atoms with E-state index in [2.05, 4.69) is 15.8 Å². The molecule has 6 heteroatoms. The molecular weight excluding hydrogens is 256 g/mol. The van der Waals surface area contributed by atoms with E-state index in [1.54, 1.807) is 0 Å². The van der Waals surface area contributed by atoms with Gasteiger partial charge in [0.25, 0.3) is 5.91 Å². The third kappa shape index (κ3) is 3.14. The van der Waals surface area contributed by atoms with Crippen molar-refractivity contribution in [1.82, 2.24) is 5.43 Å². The van der Waals surface area contributed by atoms with Crippen molar-refractivity contribution in [2.75, 3.05) is 24.3 Å². The monoisotopic (exact) mass is 274 g/mol. The van der Waals surface area contributed by atoms with E-state index >= 15 is 0 Å². The standard InChI is InChI=1S/C14H18N4O2/c1-9-4-5-10(8-12(9)18(2)3)15-14(20)11-6-7-13(19)17-16-11/h4-5,8H,6-7H2,1-3H3,(H,15,20)(H,17,19). The molecule has 0 radical (unpaired) electrons. The van der Waals surface area contributed by atoms with Crippen LogP contribution in [0, 0.1) is 6.92 Å². The maximum atomic E-state index is 12.0. The van der Waals surface area contributed by atoms with Gasteiger partial charge in [0.15, 0.2) is 0 Å². The summed E-state index contributed by atoms with van der Waals surface area (Å²) in [7, 11) is 3.91. The third-order valence-electron chi connectivity index (χ3n) is 3.12. The maximum absolute atomic E-state index is 12.0. The van der Waals surface area contributed by atoms with Gasteiger partial charge in [0, 0.05) is 38.3 Å². The molecule has 1 aliphatic rings. The molecule has 0 unspecified atom stereocenters. The van der Waals surface area contributed by atoms with Crippen molar-refractivity contribution >= 4 is 28.9 Å². The van der Waals surface area contributed by atoms with Gasteiger partial charge in [-0.1, -0.05) is 6.07 Å². The largest absolute Gasteiger partial charge is 0.377 e. The van der Waals surface area contributed by atoms with Crippen molar-refractivity contribution in [1.29, 1.82) is 0 Å². The van der Waals surface area contributed by atoms with Crippen molar-refractivity contribution < 1.29 is 9.59 Å². The van der Waals surface area contributed by atoms with Gasteiger partial charge in [-0.3, -0.25) is 9.59 Å². The number of hydrazone groups is 1. The van der Waals surface area contributed by atoms with Crippen LogP contribution < -0.4 is 15.6 Å². The smallest absolute Gasteiger partial charge is 0.271 e. The Hall–Kier alpha value is -2.37. The molecule has 0 aliphatic carbocycles. The van der Waals surface area contributed by atoms with E-state index in [1.807, 2.05) is 44.1 Å². The van der Waals surface area contributed by atoms with Crippen LogP contribution in [0.1, 0.15) is 18.4 Å². The summed E-state index contributed by atoms with van der Waals surface area (Å²) in [5.74, 6) is -0.440. The minimum absolute atomic E-state index is 0.160. The first kappa shape index (κ1) is 14.0. The van der Waals surface area contributed by atoms with Gasteiger partial charge in [0.1, 0.15) is 5.71 Å². The number of amides is 2. The summed E-state index contributed by atoms with van der Waals surface area (Å²) in [6.07, 6.45) is 0.660. The van der Waals surface area contributed by atoms with Crippen LogP contribution >= 0.6 is 0 Å². The summed E-state index contributed by atoms with van der Waals surface area (Å²) in [6, 6.07) is 5.72. The number of rotatable bonds is 3. The molecule has 1 aromatic carbocycles. The van der Waals surface area contributed by atoms with Gasteiger partial charge < -0.3 is 10.2 Å². The predicted molar refractivity (Wildman–Crippen MR) is 78.9 cm³/mol. The number of anilines is 2. The third-order valence-corrected chi connectivity index (χ3v) is 3.12. The normalized spacial score (nSPS) is 14.3. The van der Waals surface area contributed by atoms with Gasteiger partial charge in [0.2, 0.25) is 5.91 Å². The molecule has 1 heterocycles. The first-order valence-electron chi connectivity index (χ1n) is 6.42. The van der Waals surface area contributed by atoms with Crippen LogP contribution in [-0.4, -0.2) is 31.6 Å². The second-order valence-corrected chi connectivity index (χ2v) is 4.94. The molecule has 0 aromatic heterocycles. The minimum Gasteiger partial charge on any atom is -0.377 e. The lowest BCUT2D eigenvalue weighted by molar-refractivity contribution is -0.121. The molecule has 2 N–H and O–H groups in total. The molecule has 0 saturated carbocycles. The second-order valence-electron chi connectivity index (χ2n) is 4.94. The number of nitrogens with zero attached hydrogens (tertiary/aromatic N) is 2. The van der Waals surface area contributed by atoms with Crippen LogP contribution in [0.5, 0.6) is 0 Å². The molecule has 0 atom stereocenters. The molecule has 0 spiro atoms. The summed E-state index contributed by atoms with van der Waals surface area (Å²) < 4.78 is 0. The first-order valence-corrected chi connectivity index (χ1v) is 6.42. The van der Waals surface area contributed by atoms with E-state index < -0.39 is 0 Å². The van der Waals surface area contributed by atoms with Crippen LogP contribution in [-0.2, 0) is 9.59 Å². The van der Waals surface area contributed by atoms with Crippen molar-refractivity contribution in [3.63, 3.8) is 0 Å². The number of carbonyl (C=O) groups is 2. The van der Waals surface area contributed by atoms with Gasteiger partial charge in [-0.2, -0.15) is 5.10 Å². The molecule has 2 rings (SSSR count). The van der Waals surface area contributed by atoms with Gasteiger partial charge >= 0.3 is 0 Å². The summed E-state index contributed by atoms with van der Waals surface area (Å²) in [4.78, 5) is 25.0. The zero-order chi connectivity index (χ0) is 14.7. The Morgan fingerprint density at radius 3 is 2.70 bits per heavy atom. The molecule has 106 valence electrons. The zero-order valence-electron chi connectivity index (χ0n) is 11.9. The van der Waals surface area contributed by atoms with Gasteiger partial charge in [-0.05, 0) is 24.6 Å². The van der Waals surface area contributed by atoms with Crippen LogP contribution in [0.4, 0.5) is 11.4 Å². The number of carbonyl (C=O) groups excluding carboxylic acids is 2. The minimum atomic E-state index is -0.279. The topological polar surface area (TPSA) is 73.8 Å². The van der Waals surface area contributed by atoms with E-state index in [0.29, 0.717) is 24.2 Å². The fourth-order valence-electron chi connectivity index (χ4n) is 2.01. The molecular formula is C14H18N4O2. The fraction of sp³-hybridized carbons (Fsp3) is 0.357. The molecule has 0 fully saturated rings. The Bertz CT molecular complexity index is 579. The predicted octanol–water partition coefficient (Wildman–Crippen LogP) is 1.27. The average Bonchev–Trinajstić information content (AvgIpc) is 2.41. The number of hydrogen-bond acceptors (Lipinski definition) is 4. The van der Waals surface area contributed by atoms with E-state index in [1.165, 1.54) is 0 Å². The molecule has 0 saturated heterocycles. The van der Waals surface area contributed by atoms with Crippen LogP contribution in [0.25, 0.3) is 0 Å². The highest BCUT2D eigenvalue weighted by molar-refractivity contribution is 6.43. The highest BCUT2D eigenvalue weighted by Crippen LogP contribution is 2.22. The molecule has 0 bridgehead atoms. The molecule has 1 aliphatic heterocycles. The molecule has 2 amide bonds. The van der Waals surface area contributed by atoms with E-state index in [4.69, 9.17) is 0 Å². The summed E-state index contributed by atoms with van der Waals surface area (Å²) in [5, 5.41) is 6.58. The van der Waals surface area contributed by atoms with Gasteiger partial charge in [-0.15, -0.1) is 0 Å². The van der Waals surface area contributed by atoms with E-state index in [0.717, 1.165) is 11.3 Å².